The number of hydrogen-bond donors (Lipinski definition) is 1. The highest BCUT2D eigenvalue weighted by atomic mass is 16.2. The highest BCUT2D eigenvalue weighted by Crippen LogP contribution is 2.19. The van der Waals surface area contributed by atoms with Crippen LogP contribution in [0.15, 0.2) is 42.7 Å². The van der Waals surface area contributed by atoms with Gasteiger partial charge in [0, 0.05) is 58.1 Å². The van der Waals surface area contributed by atoms with Gasteiger partial charge in [-0.05, 0) is 23.9 Å². The lowest BCUT2D eigenvalue weighted by Crippen LogP contribution is -2.52. The number of rotatable bonds is 7. The number of carbonyl (C=O) groups excluding carboxylic acids is 1. The Bertz CT molecular complexity index is 757. The summed E-state index contributed by atoms with van der Waals surface area (Å²) in [6, 6.07) is 10.4. The van der Waals surface area contributed by atoms with Gasteiger partial charge >= 0.3 is 6.03 Å². The molecule has 3 rings (SSSR count). The lowest BCUT2D eigenvalue weighted by atomic mass is 9.92. The maximum atomic E-state index is 12.5. The lowest BCUT2D eigenvalue weighted by molar-refractivity contribution is 0.130. The zero-order valence-corrected chi connectivity index (χ0v) is 18.1. The summed E-state index contributed by atoms with van der Waals surface area (Å²) < 4.78 is 2.15. The van der Waals surface area contributed by atoms with Crippen molar-refractivity contribution in [2.75, 3.05) is 39.3 Å². The predicted molar refractivity (Wildman–Crippen MR) is 117 cm³/mol. The Morgan fingerprint density at radius 1 is 1.10 bits per heavy atom. The number of piperazine rings is 1. The van der Waals surface area contributed by atoms with E-state index in [0.29, 0.717) is 12.0 Å². The maximum absolute atomic E-state index is 12.5. The Kier molecular flexibility index (Phi) is 7.31. The molecule has 2 heterocycles. The molecule has 0 atom stereocenters. The maximum Gasteiger partial charge on any atom is 0.317 e. The number of carbonyl (C=O) groups is 1. The van der Waals surface area contributed by atoms with Crippen molar-refractivity contribution in [2.24, 2.45) is 5.41 Å². The van der Waals surface area contributed by atoms with Crippen LogP contribution in [-0.4, -0.2) is 64.7 Å². The van der Waals surface area contributed by atoms with Gasteiger partial charge < -0.3 is 14.8 Å². The Hall–Kier alpha value is -2.34. The molecule has 1 saturated heterocycles. The minimum atomic E-state index is 0.0432. The Balaban J connectivity index is 1.38. The topological polar surface area (TPSA) is 53.4 Å². The van der Waals surface area contributed by atoms with Crippen LogP contribution in [0.25, 0.3) is 0 Å². The van der Waals surface area contributed by atoms with Crippen molar-refractivity contribution in [3.63, 3.8) is 0 Å². The van der Waals surface area contributed by atoms with Gasteiger partial charge in [0.1, 0.15) is 5.82 Å². The molecule has 0 spiro atoms. The summed E-state index contributed by atoms with van der Waals surface area (Å²) in [6.07, 6.45) is 5.75. The molecule has 1 N–H and O–H groups in total. The molecule has 0 unspecified atom stereocenters. The van der Waals surface area contributed by atoms with Gasteiger partial charge in [-0.15, -0.1) is 0 Å². The van der Waals surface area contributed by atoms with E-state index >= 15 is 0 Å². The fourth-order valence-corrected chi connectivity index (χ4v) is 3.55. The number of imidazole rings is 1. The molecule has 0 bridgehead atoms. The van der Waals surface area contributed by atoms with Gasteiger partial charge in [0.05, 0.1) is 0 Å². The van der Waals surface area contributed by atoms with E-state index in [0.717, 1.165) is 51.5 Å². The van der Waals surface area contributed by atoms with Gasteiger partial charge in [-0.2, -0.15) is 0 Å². The summed E-state index contributed by atoms with van der Waals surface area (Å²) >= 11 is 0. The fourth-order valence-electron chi connectivity index (χ4n) is 3.55. The van der Waals surface area contributed by atoms with Gasteiger partial charge in [-0.25, -0.2) is 9.78 Å². The second kappa shape index (κ2) is 9.92. The van der Waals surface area contributed by atoms with Gasteiger partial charge in [-0.3, -0.25) is 4.90 Å². The number of aromatic nitrogens is 2. The minimum Gasteiger partial charge on any atom is -0.338 e. The van der Waals surface area contributed by atoms with Crippen molar-refractivity contribution >= 4 is 6.03 Å². The van der Waals surface area contributed by atoms with E-state index in [-0.39, 0.29) is 6.03 Å². The van der Waals surface area contributed by atoms with Gasteiger partial charge in [0.25, 0.3) is 0 Å². The average Bonchev–Trinajstić information content (AvgIpc) is 3.14. The van der Waals surface area contributed by atoms with Crippen LogP contribution in [0.4, 0.5) is 4.79 Å². The summed E-state index contributed by atoms with van der Waals surface area (Å²) in [5.41, 5.74) is 1.61. The number of urea groups is 1. The second-order valence-electron chi connectivity index (χ2n) is 9.08. The van der Waals surface area contributed by atoms with Crippen molar-refractivity contribution in [1.82, 2.24) is 24.7 Å². The van der Waals surface area contributed by atoms with Crippen LogP contribution < -0.4 is 5.32 Å². The molecule has 1 aromatic carbocycles. The van der Waals surface area contributed by atoms with Crippen LogP contribution in [0.1, 0.15) is 38.6 Å². The molecule has 1 fully saturated rings. The SMILES string of the molecule is CC(C)(C)CCN1CCN(C(=O)NCCc2nccn2Cc2ccccc2)CC1. The third-order valence-corrected chi connectivity index (χ3v) is 5.46. The van der Waals surface area contributed by atoms with Crippen molar-refractivity contribution in [3.05, 3.63) is 54.1 Å². The normalized spacial score (nSPS) is 15.5. The molecule has 6 heteroatoms. The van der Waals surface area contributed by atoms with Crippen molar-refractivity contribution < 1.29 is 4.79 Å². The molecule has 6 nitrogen and oxygen atoms in total. The van der Waals surface area contributed by atoms with E-state index in [1.54, 1.807) is 0 Å². The monoisotopic (exact) mass is 397 g/mol. The largest absolute Gasteiger partial charge is 0.338 e. The standard InChI is InChI=1S/C23H35N5O/c1-23(2,3)10-13-26-15-17-27(18-16-26)22(29)25-11-9-21-24-12-14-28(21)19-20-7-5-4-6-8-20/h4-8,12,14H,9-11,13,15-19H2,1-3H3,(H,25,29). The smallest absolute Gasteiger partial charge is 0.317 e. The molecule has 1 aromatic heterocycles. The van der Waals surface area contributed by atoms with Crippen molar-refractivity contribution in [3.8, 4) is 0 Å². The Morgan fingerprint density at radius 2 is 1.83 bits per heavy atom. The van der Waals surface area contributed by atoms with E-state index in [2.05, 4.69) is 64.8 Å². The summed E-state index contributed by atoms with van der Waals surface area (Å²) in [5, 5.41) is 3.07. The van der Waals surface area contributed by atoms with Crippen LogP contribution in [0, 0.1) is 5.41 Å². The molecule has 0 saturated carbocycles. The first-order valence-corrected chi connectivity index (χ1v) is 10.7. The van der Waals surface area contributed by atoms with Gasteiger partial charge in [0.2, 0.25) is 0 Å². The molecular weight excluding hydrogens is 362 g/mol. The first-order chi connectivity index (χ1) is 13.9. The van der Waals surface area contributed by atoms with Crippen molar-refractivity contribution in [1.29, 1.82) is 0 Å². The van der Waals surface area contributed by atoms with E-state index in [4.69, 9.17) is 0 Å². The van der Waals surface area contributed by atoms with Crippen LogP contribution in [0.2, 0.25) is 0 Å². The van der Waals surface area contributed by atoms with Crippen LogP contribution in [0.5, 0.6) is 0 Å². The van der Waals surface area contributed by atoms with E-state index in [1.807, 2.05) is 23.4 Å². The molecule has 0 aliphatic carbocycles. The first kappa shape index (κ1) is 21.4. The van der Waals surface area contributed by atoms with E-state index < -0.39 is 0 Å². The average molecular weight is 398 g/mol. The highest BCUT2D eigenvalue weighted by molar-refractivity contribution is 5.74. The molecule has 29 heavy (non-hydrogen) atoms. The summed E-state index contributed by atoms with van der Waals surface area (Å²) in [5.74, 6) is 1.00. The molecular formula is C23H35N5O. The van der Waals surface area contributed by atoms with Crippen molar-refractivity contribution in [2.45, 2.75) is 40.2 Å². The molecule has 2 amide bonds. The lowest BCUT2D eigenvalue weighted by Gasteiger charge is -2.35. The van der Waals surface area contributed by atoms with Gasteiger partial charge in [-0.1, -0.05) is 51.1 Å². The number of nitrogens with zero attached hydrogens (tertiary/aromatic N) is 4. The summed E-state index contributed by atoms with van der Waals surface area (Å²) in [6.45, 7) is 12.9. The molecule has 0 radical (unpaired) electrons. The van der Waals surface area contributed by atoms with Gasteiger partial charge in [0.15, 0.2) is 0 Å². The molecule has 1 aliphatic rings. The Morgan fingerprint density at radius 3 is 2.52 bits per heavy atom. The Labute approximate surface area is 174 Å². The number of hydrogen-bond acceptors (Lipinski definition) is 3. The van der Waals surface area contributed by atoms with Crippen LogP contribution >= 0.6 is 0 Å². The zero-order valence-electron chi connectivity index (χ0n) is 18.1. The van der Waals surface area contributed by atoms with Crippen LogP contribution in [-0.2, 0) is 13.0 Å². The minimum absolute atomic E-state index is 0.0432. The molecule has 1 aliphatic heterocycles. The van der Waals surface area contributed by atoms with Crippen LogP contribution in [0.3, 0.4) is 0 Å². The van der Waals surface area contributed by atoms with E-state index in [9.17, 15) is 4.79 Å². The second-order valence-corrected chi connectivity index (χ2v) is 9.08. The number of nitrogens with one attached hydrogen (secondary N) is 1. The predicted octanol–water partition coefficient (Wildman–Crippen LogP) is 3.24. The third kappa shape index (κ3) is 6.89. The number of benzene rings is 1. The first-order valence-electron chi connectivity index (χ1n) is 10.7. The quantitative estimate of drug-likeness (QED) is 0.780. The third-order valence-electron chi connectivity index (χ3n) is 5.46. The fraction of sp³-hybridized carbons (Fsp3) is 0.565. The molecule has 158 valence electrons. The summed E-state index contributed by atoms with van der Waals surface area (Å²) in [4.78, 5) is 21.4. The van der Waals surface area contributed by atoms with E-state index in [1.165, 1.54) is 12.0 Å². The molecule has 2 aromatic rings. The number of amides is 2. The highest BCUT2D eigenvalue weighted by Gasteiger charge is 2.22. The zero-order chi connectivity index (χ0) is 20.7. The summed E-state index contributed by atoms with van der Waals surface area (Å²) in [7, 11) is 0.